The van der Waals surface area contributed by atoms with E-state index in [1.54, 1.807) is 16.9 Å². The van der Waals surface area contributed by atoms with Crippen molar-refractivity contribution in [2.45, 2.75) is 13.1 Å². The Morgan fingerprint density at radius 1 is 1.26 bits per heavy atom. The monoisotopic (exact) mass is 409 g/mol. The summed E-state index contributed by atoms with van der Waals surface area (Å²) in [5.41, 5.74) is 1.35. The number of hydrogen-bond acceptors (Lipinski definition) is 7. The van der Waals surface area contributed by atoms with Crippen LogP contribution in [0, 0.1) is 0 Å². The van der Waals surface area contributed by atoms with E-state index in [2.05, 4.69) is 15.6 Å². The highest BCUT2D eigenvalue weighted by molar-refractivity contribution is 7.99. The van der Waals surface area contributed by atoms with Crippen LogP contribution in [0.2, 0.25) is 5.02 Å². The van der Waals surface area contributed by atoms with Crippen LogP contribution in [0.3, 0.4) is 0 Å². The van der Waals surface area contributed by atoms with E-state index in [4.69, 9.17) is 21.1 Å². The average Bonchev–Trinajstić information content (AvgIpc) is 3.34. The van der Waals surface area contributed by atoms with Gasteiger partial charge in [0.15, 0.2) is 17.2 Å². The lowest BCUT2D eigenvalue weighted by atomic mass is 10.2. The molecule has 0 bridgehead atoms. The molecule has 2 aliphatic rings. The minimum atomic E-state index is -0.0401. The highest BCUT2D eigenvalue weighted by Gasteiger charge is 2.21. The van der Waals surface area contributed by atoms with E-state index < -0.39 is 0 Å². The number of carbonyl (C=O) groups is 1. The highest BCUT2D eigenvalue weighted by atomic mass is 35.5. The van der Waals surface area contributed by atoms with E-state index in [1.165, 1.54) is 0 Å². The Balaban J connectivity index is 1.26. The molecule has 1 N–H and O–H groups in total. The third-order valence-electron chi connectivity index (χ3n) is 4.43. The molecule has 2 aliphatic heterocycles. The lowest BCUT2D eigenvalue weighted by Crippen LogP contribution is -2.38. The quantitative estimate of drug-likeness (QED) is 0.726. The van der Waals surface area contributed by atoms with E-state index in [1.807, 2.05) is 22.7 Å². The van der Waals surface area contributed by atoms with Gasteiger partial charge >= 0.3 is 0 Å². The zero-order valence-corrected chi connectivity index (χ0v) is 16.3. The van der Waals surface area contributed by atoms with Crippen LogP contribution in [0.4, 0.5) is 0 Å². The van der Waals surface area contributed by atoms with Gasteiger partial charge in [-0.2, -0.15) is 11.8 Å². The average molecular weight is 410 g/mol. The summed E-state index contributed by atoms with van der Waals surface area (Å²) < 4.78 is 12.4. The zero-order valence-electron chi connectivity index (χ0n) is 14.7. The molecule has 8 nitrogen and oxygen atoms in total. The molecule has 1 amide bonds. The van der Waals surface area contributed by atoms with Gasteiger partial charge in [0, 0.05) is 48.8 Å². The SMILES string of the molecule is O=C(c1cn(CCNCc2cc3c(cc2Cl)OCO3)nn1)N1CCSCC1. The molecule has 10 heteroatoms. The predicted molar refractivity (Wildman–Crippen MR) is 103 cm³/mol. The fourth-order valence-corrected chi connectivity index (χ4v) is 4.07. The number of benzene rings is 1. The molecule has 0 spiro atoms. The molecule has 1 aromatic heterocycles. The Morgan fingerprint density at radius 2 is 2.04 bits per heavy atom. The summed E-state index contributed by atoms with van der Waals surface area (Å²) in [4.78, 5) is 14.2. The Labute approximate surface area is 166 Å². The van der Waals surface area contributed by atoms with E-state index >= 15 is 0 Å². The van der Waals surface area contributed by atoms with Crippen molar-refractivity contribution in [1.29, 1.82) is 0 Å². The third kappa shape index (κ3) is 4.31. The largest absolute Gasteiger partial charge is 0.454 e. The normalized spacial score (nSPS) is 16.0. The summed E-state index contributed by atoms with van der Waals surface area (Å²) in [5, 5.41) is 12.0. The number of amides is 1. The first kappa shape index (κ1) is 18.4. The second kappa shape index (κ2) is 8.37. The number of thioether (sulfide) groups is 1. The smallest absolute Gasteiger partial charge is 0.276 e. The molecule has 2 aromatic rings. The Kier molecular flexibility index (Phi) is 5.70. The molecular formula is C17H20ClN5O3S. The molecule has 0 saturated carbocycles. The van der Waals surface area contributed by atoms with Gasteiger partial charge in [-0.15, -0.1) is 5.10 Å². The first-order valence-electron chi connectivity index (χ1n) is 8.76. The highest BCUT2D eigenvalue weighted by Crippen LogP contribution is 2.36. The third-order valence-corrected chi connectivity index (χ3v) is 5.73. The maximum absolute atomic E-state index is 12.4. The van der Waals surface area contributed by atoms with Crippen molar-refractivity contribution in [3.05, 3.63) is 34.6 Å². The standard InChI is InChI=1S/C17H20ClN5O3S/c18-13-8-16-15(25-11-26-16)7-12(13)9-19-1-2-23-10-14(20-21-23)17(24)22-3-5-27-6-4-22/h7-8,10,19H,1-6,9,11H2. The topological polar surface area (TPSA) is 81.5 Å². The van der Waals surface area contributed by atoms with Crippen molar-refractivity contribution >= 4 is 29.3 Å². The Bertz CT molecular complexity index is 825. The van der Waals surface area contributed by atoms with Crippen molar-refractivity contribution in [3.63, 3.8) is 0 Å². The molecule has 144 valence electrons. The number of ether oxygens (including phenoxy) is 2. The van der Waals surface area contributed by atoms with E-state index in [-0.39, 0.29) is 12.7 Å². The maximum atomic E-state index is 12.4. The van der Waals surface area contributed by atoms with Gasteiger partial charge in [-0.25, -0.2) is 0 Å². The molecule has 1 saturated heterocycles. The van der Waals surface area contributed by atoms with E-state index in [0.717, 1.165) is 30.2 Å². The fraction of sp³-hybridized carbons (Fsp3) is 0.471. The van der Waals surface area contributed by atoms with Gasteiger partial charge in [-0.1, -0.05) is 16.8 Å². The van der Waals surface area contributed by atoms with Crippen LogP contribution in [0.15, 0.2) is 18.3 Å². The van der Waals surface area contributed by atoms with Gasteiger partial charge in [-0.05, 0) is 11.6 Å². The lowest BCUT2D eigenvalue weighted by molar-refractivity contribution is 0.0766. The van der Waals surface area contributed by atoms with Crippen LogP contribution in [-0.4, -0.2) is 63.7 Å². The summed E-state index contributed by atoms with van der Waals surface area (Å²) >= 11 is 8.14. The van der Waals surface area contributed by atoms with Crippen LogP contribution in [0.5, 0.6) is 11.5 Å². The molecule has 0 atom stereocenters. The number of hydrogen-bond donors (Lipinski definition) is 1. The van der Waals surface area contributed by atoms with Crippen molar-refractivity contribution in [2.75, 3.05) is 37.9 Å². The maximum Gasteiger partial charge on any atom is 0.276 e. The van der Waals surface area contributed by atoms with Gasteiger partial charge in [0.2, 0.25) is 6.79 Å². The number of rotatable bonds is 6. The predicted octanol–water partition coefficient (Wildman–Crippen LogP) is 1.64. The molecule has 4 rings (SSSR count). The van der Waals surface area contributed by atoms with Crippen molar-refractivity contribution in [1.82, 2.24) is 25.2 Å². The Hall–Kier alpha value is -1.97. The summed E-state index contributed by atoms with van der Waals surface area (Å²) in [6.45, 7) is 3.65. The second-order valence-corrected chi connectivity index (χ2v) is 7.88. The number of nitrogens with one attached hydrogen (secondary N) is 1. The van der Waals surface area contributed by atoms with Gasteiger partial charge < -0.3 is 19.7 Å². The van der Waals surface area contributed by atoms with E-state index in [0.29, 0.717) is 41.8 Å². The van der Waals surface area contributed by atoms with Crippen LogP contribution < -0.4 is 14.8 Å². The van der Waals surface area contributed by atoms with Crippen LogP contribution in [0.1, 0.15) is 16.1 Å². The number of nitrogens with zero attached hydrogens (tertiary/aromatic N) is 4. The Morgan fingerprint density at radius 3 is 2.85 bits per heavy atom. The molecule has 0 radical (unpaired) electrons. The molecule has 0 aliphatic carbocycles. The fourth-order valence-electron chi connectivity index (χ4n) is 2.95. The number of fused-ring (bicyclic) bond motifs is 1. The van der Waals surface area contributed by atoms with Crippen LogP contribution >= 0.6 is 23.4 Å². The van der Waals surface area contributed by atoms with Gasteiger partial charge in [-0.3, -0.25) is 9.48 Å². The molecule has 27 heavy (non-hydrogen) atoms. The first-order valence-corrected chi connectivity index (χ1v) is 10.3. The number of carbonyl (C=O) groups excluding carboxylic acids is 1. The van der Waals surface area contributed by atoms with Crippen molar-refractivity contribution < 1.29 is 14.3 Å². The number of aromatic nitrogens is 3. The zero-order chi connectivity index (χ0) is 18.6. The van der Waals surface area contributed by atoms with Crippen molar-refractivity contribution in [2.24, 2.45) is 0 Å². The number of halogens is 1. The summed E-state index contributed by atoms with van der Waals surface area (Å²) in [5.74, 6) is 3.31. The minimum absolute atomic E-state index is 0.0401. The second-order valence-electron chi connectivity index (χ2n) is 6.25. The van der Waals surface area contributed by atoms with Gasteiger partial charge in [0.05, 0.1) is 12.7 Å². The minimum Gasteiger partial charge on any atom is -0.454 e. The molecular weight excluding hydrogens is 390 g/mol. The van der Waals surface area contributed by atoms with Gasteiger partial charge in [0.25, 0.3) is 5.91 Å². The molecule has 3 heterocycles. The summed E-state index contributed by atoms with van der Waals surface area (Å²) in [6.07, 6.45) is 1.71. The summed E-state index contributed by atoms with van der Waals surface area (Å²) in [7, 11) is 0. The molecule has 1 aromatic carbocycles. The molecule has 0 unspecified atom stereocenters. The summed E-state index contributed by atoms with van der Waals surface area (Å²) in [6, 6.07) is 3.66. The van der Waals surface area contributed by atoms with Crippen LogP contribution in [0.25, 0.3) is 0 Å². The van der Waals surface area contributed by atoms with Crippen LogP contribution in [-0.2, 0) is 13.1 Å². The van der Waals surface area contributed by atoms with E-state index in [9.17, 15) is 4.79 Å². The van der Waals surface area contributed by atoms with Gasteiger partial charge in [0.1, 0.15) is 0 Å². The lowest BCUT2D eigenvalue weighted by Gasteiger charge is -2.25. The molecule has 1 fully saturated rings. The van der Waals surface area contributed by atoms with Crippen molar-refractivity contribution in [3.8, 4) is 11.5 Å². The first-order chi connectivity index (χ1) is 13.2.